The Labute approximate surface area is 107 Å². The highest BCUT2D eigenvalue weighted by Gasteiger charge is 2.31. The molecule has 18 heavy (non-hydrogen) atoms. The smallest absolute Gasteiger partial charge is 0.274 e. The molecule has 0 aromatic heterocycles. The van der Waals surface area contributed by atoms with E-state index in [0.29, 0.717) is 6.42 Å². The number of halogens is 2. The van der Waals surface area contributed by atoms with Gasteiger partial charge in [0.25, 0.3) is 5.92 Å². The van der Waals surface area contributed by atoms with Crippen LogP contribution in [0, 0.1) is 6.92 Å². The zero-order chi connectivity index (χ0) is 14.1. The van der Waals surface area contributed by atoms with E-state index < -0.39 is 11.5 Å². The van der Waals surface area contributed by atoms with Crippen LogP contribution in [0.5, 0.6) is 5.75 Å². The van der Waals surface area contributed by atoms with E-state index in [1.54, 1.807) is 6.92 Å². The van der Waals surface area contributed by atoms with Crippen molar-refractivity contribution in [3.8, 4) is 5.75 Å². The second kappa shape index (κ2) is 4.84. The largest absolute Gasteiger partial charge is 0.496 e. The Bertz CT molecular complexity index is 431. The average molecular weight is 257 g/mol. The Morgan fingerprint density at radius 2 is 1.78 bits per heavy atom. The SMILES string of the molecule is COc1c(CC(C)(C)N)cc(C)cc1C(C)(F)F. The lowest BCUT2D eigenvalue weighted by Crippen LogP contribution is -2.34. The van der Waals surface area contributed by atoms with Gasteiger partial charge in [0.05, 0.1) is 12.7 Å². The maximum atomic E-state index is 13.6. The molecule has 1 aromatic carbocycles. The molecule has 102 valence electrons. The van der Waals surface area contributed by atoms with E-state index in [4.69, 9.17) is 10.5 Å². The Morgan fingerprint density at radius 1 is 1.22 bits per heavy atom. The van der Waals surface area contributed by atoms with Crippen LogP contribution in [0.15, 0.2) is 12.1 Å². The first-order valence-corrected chi connectivity index (χ1v) is 5.89. The number of hydrogen-bond donors (Lipinski definition) is 1. The van der Waals surface area contributed by atoms with Crippen molar-refractivity contribution in [3.05, 3.63) is 28.8 Å². The third-order valence-corrected chi connectivity index (χ3v) is 2.63. The zero-order valence-electron chi connectivity index (χ0n) is 11.6. The quantitative estimate of drug-likeness (QED) is 0.897. The maximum Gasteiger partial charge on any atom is 0.274 e. The van der Waals surface area contributed by atoms with Crippen molar-refractivity contribution in [1.29, 1.82) is 0 Å². The summed E-state index contributed by atoms with van der Waals surface area (Å²) in [5, 5.41) is 0. The van der Waals surface area contributed by atoms with E-state index >= 15 is 0 Å². The van der Waals surface area contributed by atoms with Gasteiger partial charge in [0.15, 0.2) is 0 Å². The second-order valence-electron chi connectivity index (χ2n) is 5.56. The summed E-state index contributed by atoms with van der Waals surface area (Å²) in [6, 6.07) is 3.31. The summed E-state index contributed by atoms with van der Waals surface area (Å²) in [6.45, 7) is 6.39. The van der Waals surface area contributed by atoms with Gasteiger partial charge in [0.1, 0.15) is 5.75 Å². The molecule has 0 aliphatic heterocycles. The van der Waals surface area contributed by atoms with Crippen molar-refractivity contribution in [3.63, 3.8) is 0 Å². The first-order chi connectivity index (χ1) is 8.04. The lowest BCUT2D eigenvalue weighted by molar-refractivity contribution is 0.0148. The summed E-state index contributed by atoms with van der Waals surface area (Å²) in [6.07, 6.45) is 0.487. The van der Waals surface area contributed by atoms with Gasteiger partial charge in [-0.2, -0.15) is 0 Å². The number of benzene rings is 1. The summed E-state index contributed by atoms with van der Waals surface area (Å²) in [7, 11) is 1.41. The molecule has 0 spiro atoms. The fourth-order valence-corrected chi connectivity index (χ4v) is 2.04. The number of methoxy groups -OCH3 is 1. The van der Waals surface area contributed by atoms with Gasteiger partial charge in [0.2, 0.25) is 0 Å². The van der Waals surface area contributed by atoms with Gasteiger partial charge in [0, 0.05) is 12.5 Å². The number of hydrogen-bond acceptors (Lipinski definition) is 2. The van der Waals surface area contributed by atoms with Crippen molar-refractivity contribution in [1.82, 2.24) is 0 Å². The van der Waals surface area contributed by atoms with Crippen LogP contribution in [0.2, 0.25) is 0 Å². The minimum Gasteiger partial charge on any atom is -0.496 e. The number of rotatable bonds is 4. The number of aryl methyl sites for hydroxylation is 1. The molecule has 0 fully saturated rings. The molecule has 0 saturated carbocycles. The maximum absolute atomic E-state index is 13.6. The first-order valence-electron chi connectivity index (χ1n) is 5.89. The summed E-state index contributed by atoms with van der Waals surface area (Å²) in [5.41, 5.74) is 6.91. The molecule has 0 amide bonds. The normalized spacial score (nSPS) is 12.7. The van der Waals surface area contributed by atoms with E-state index in [9.17, 15) is 8.78 Å². The predicted octanol–water partition coefficient (Wildman–Crippen LogP) is 3.40. The van der Waals surface area contributed by atoms with Gasteiger partial charge in [-0.15, -0.1) is 0 Å². The number of alkyl halides is 2. The lowest BCUT2D eigenvalue weighted by Gasteiger charge is -2.24. The molecule has 2 N–H and O–H groups in total. The first kappa shape index (κ1) is 14.9. The van der Waals surface area contributed by atoms with Gasteiger partial charge in [-0.3, -0.25) is 0 Å². The third-order valence-electron chi connectivity index (χ3n) is 2.63. The highest BCUT2D eigenvalue weighted by molar-refractivity contribution is 5.47. The van der Waals surface area contributed by atoms with Gasteiger partial charge in [-0.1, -0.05) is 11.6 Å². The fourth-order valence-electron chi connectivity index (χ4n) is 2.04. The van der Waals surface area contributed by atoms with Gasteiger partial charge in [-0.25, -0.2) is 8.78 Å². The fraction of sp³-hybridized carbons (Fsp3) is 0.571. The highest BCUT2D eigenvalue weighted by atomic mass is 19.3. The molecule has 2 nitrogen and oxygen atoms in total. The minimum absolute atomic E-state index is 0.0794. The van der Waals surface area contributed by atoms with E-state index in [-0.39, 0.29) is 11.3 Å². The van der Waals surface area contributed by atoms with Gasteiger partial charge < -0.3 is 10.5 Å². The zero-order valence-corrected chi connectivity index (χ0v) is 11.6. The summed E-state index contributed by atoms with van der Waals surface area (Å²) < 4.78 is 32.3. The summed E-state index contributed by atoms with van der Waals surface area (Å²) >= 11 is 0. The second-order valence-corrected chi connectivity index (χ2v) is 5.56. The minimum atomic E-state index is -2.93. The highest BCUT2D eigenvalue weighted by Crippen LogP contribution is 2.38. The molecule has 0 bridgehead atoms. The van der Waals surface area contributed by atoms with Crippen molar-refractivity contribution in [2.45, 2.75) is 45.6 Å². The number of nitrogens with two attached hydrogens (primary N) is 1. The van der Waals surface area contributed by atoms with E-state index in [1.165, 1.54) is 13.2 Å². The number of ether oxygens (including phenoxy) is 1. The van der Waals surface area contributed by atoms with Gasteiger partial charge in [-0.05, 0) is 38.8 Å². The van der Waals surface area contributed by atoms with Crippen LogP contribution >= 0.6 is 0 Å². The van der Waals surface area contributed by atoms with Crippen molar-refractivity contribution in [2.24, 2.45) is 5.73 Å². The molecule has 1 rings (SSSR count). The topological polar surface area (TPSA) is 35.2 Å². The van der Waals surface area contributed by atoms with Crippen molar-refractivity contribution in [2.75, 3.05) is 7.11 Å². The predicted molar refractivity (Wildman–Crippen MR) is 69.3 cm³/mol. The van der Waals surface area contributed by atoms with Crippen LogP contribution in [0.1, 0.15) is 37.5 Å². The van der Waals surface area contributed by atoms with E-state index in [0.717, 1.165) is 18.1 Å². The Balaban J connectivity index is 3.39. The Hall–Kier alpha value is -1.16. The Morgan fingerprint density at radius 3 is 2.17 bits per heavy atom. The Kier molecular flexibility index (Phi) is 4.01. The standard InChI is InChI=1S/C14H21F2NO/c1-9-6-10(8-13(2,3)17)12(18-5)11(7-9)14(4,15)16/h6-7H,8,17H2,1-5H3. The molecule has 0 heterocycles. The van der Waals surface area contributed by atoms with Crippen LogP contribution < -0.4 is 10.5 Å². The van der Waals surface area contributed by atoms with Crippen LogP contribution in [-0.4, -0.2) is 12.6 Å². The van der Waals surface area contributed by atoms with Crippen molar-refractivity contribution < 1.29 is 13.5 Å². The van der Waals surface area contributed by atoms with Crippen LogP contribution in [0.4, 0.5) is 8.78 Å². The monoisotopic (exact) mass is 257 g/mol. The van der Waals surface area contributed by atoms with Gasteiger partial charge >= 0.3 is 0 Å². The van der Waals surface area contributed by atoms with E-state index in [1.807, 2.05) is 19.9 Å². The molecule has 1 aromatic rings. The van der Waals surface area contributed by atoms with Crippen LogP contribution in [-0.2, 0) is 12.3 Å². The average Bonchev–Trinajstić information content (AvgIpc) is 2.12. The molecular weight excluding hydrogens is 236 g/mol. The molecule has 0 unspecified atom stereocenters. The molecule has 0 aliphatic rings. The third kappa shape index (κ3) is 3.67. The molecule has 0 saturated heterocycles. The van der Waals surface area contributed by atoms with Crippen LogP contribution in [0.3, 0.4) is 0 Å². The molecule has 4 heteroatoms. The molecule has 0 atom stereocenters. The summed E-state index contributed by atoms with van der Waals surface area (Å²) in [4.78, 5) is 0. The molecule has 0 aliphatic carbocycles. The van der Waals surface area contributed by atoms with Crippen LogP contribution in [0.25, 0.3) is 0 Å². The van der Waals surface area contributed by atoms with Crippen molar-refractivity contribution >= 4 is 0 Å². The summed E-state index contributed by atoms with van der Waals surface area (Å²) in [5.74, 6) is -2.68. The lowest BCUT2D eigenvalue weighted by atomic mass is 9.91. The molecular formula is C14H21F2NO. The molecule has 0 radical (unpaired) electrons. The van der Waals surface area contributed by atoms with E-state index in [2.05, 4.69) is 0 Å².